The van der Waals surface area contributed by atoms with E-state index in [-0.39, 0.29) is 28.3 Å². The van der Waals surface area contributed by atoms with E-state index in [4.69, 9.17) is 4.74 Å². The normalized spacial score (nSPS) is 41.6. The lowest BCUT2D eigenvalue weighted by Crippen LogP contribution is -2.53. The van der Waals surface area contributed by atoms with Gasteiger partial charge in [-0.25, -0.2) is 0 Å². The summed E-state index contributed by atoms with van der Waals surface area (Å²) in [6.45, 7) is 11.8. The summed E-state index contributed by atoms with van der Waals surface area (Å²) in [7, 11) is 0. The highest BCUT2D eigenvalue weighted by Gasteiger charge is 2.57. The number of carbonyl (C=O) groups excluding carboxylic acids is 1. The van der Waals surface area contributed by atoms with Crippen LogP contribution in [-0.2, 0) is 9.53 Å². The summed E-state index contributed by atoms with van der Waals surface area (Å²) in [4.78, 5) is 12.2. The predicted molar refractivity (Wildman–Crippen MR) is 112 cm³/mol. The average molecular weight is 387 g/mol. The van der Waals surface area contributed by atoms with Crippen LogP contribution >= 0.6 is 0 Å². The summed E-state index contributed by atoms with van der Waals surface area (Å²) in [6.07, 6.45) is 10.5. The molecule has 1 saturated carbocycles. The Bertz CT molecular complexity index is 730. The second-order valence-electron chi connectivity index (χ2n) is 10.8. The number of hydrogen-bond donors (Lipinski definition) is 1. The van der Waals surface area contributed by atoms with Crippen LogP contribution in [0.3, 0.4) is 0 Å². The van der Waals surface area contributed by atoms with Crippen LogP contribution in [0.2, 0.25) is 0 Å². The lowest BCUT2D eigenvalue weighted by Gasteiger charge is -2.59. The second-order valence-corrected chi connectivity index (χ2v) is 10.8. The number of aliphatic hydroxyl groups excluding tert-OH is 1. The number of fused-ring (bicyclic) bond motifs is 4. The molecular formula is C25H38O3. The molecule has 0 aromatic heterocycles. The first-order valence-electron chi connectivity index (χ1n) is 11.4. The zero-order chi connectivity index (χ0) is 20.3. The van der Waals surface area contributed by atoms with E-state index in [1.54, 1.807) is 16.7 Å². The van der Waals surface area contributed by atoms with E-state index in [9.17, 15) is 9.90 Å². The van der Waals surface area contributed by atoms with Crippen molar-refractivity contribution in [3.63, 3.8) is 0 Å². The van der Waals surface area contributed by atoms with E-state index in [0.29, 0.717) is 24.9 Å². The predicted octanol–water partition coefficient (Wildman–Crippen LogP) is 5.58. The first-order chi connectivity index (χ1) is 13.1. The van der Waals surface area contributed by atoms with Crippen molar-refractivity contribution in [2.75, 3.05) is 6.61 Å². The molecule has 0 unspecified atom stereocenters. The van der Waals surface area contributed by atoms with Gasteiger partial charge in [-0.15, -0.1) is 0 Å². The maximum Gasteiger partial charge on any atom is 0.306 e. The summed E-state index contributed by atoms with van der Waals surface area (Å²) in [6, 6.07) is 0. The lowest BCUT2D eigenvalue weighted by molar-refractivity contribution is -0.145. The summed E-state index contributed by atoms with van der Waals surface area (Å²) in [5, 5.41) is 10.7. The van der Waals surface area contributed by atoms with Gasteiger partial charge in [-0.3, -0.25) is 4.79 Å². The first-order valence-corrected chi connectivity index (χ1v) is 11.4. The molecule has 4 rings (SSSR count). The van der Waals surface area contributed by atoms with Crippen molar-refractivity contribution in [2.45, 2.75) is 92.1 Å². The summed E-state index contributed by atoms with van der Waals surface area (Å²) < 4.78 is 5.26. The van der Waals surface area contributed by atoms with Crippen molar-refractivity contribution < 1.29 is 14.6 Å². The summed E-state index contributed by atoms with van der Waals surface area (Å²) in [5.74, 6) is 0.900. The summed E-state index contributed by atoms with van der Waals surface area (Å²) in [5.41, 5.74) is 5.18. The molecule has 0 aromatic rings. The molecule has 0 aromatic carbocycles. The van der Waals surface area contributed by atoms with E-state index >= 15 is 0 Å². The van der Waals surface area contributed by atoms with Crippen molar-refractivity contribution in [2.24, 2.45) is 28.1 Å². The summed E-state index contributed by atoms with van der Waals surface area (Å²) >= 11 is 0. The highest BCUT2D eigenvalue weighted by Crippen LogP contribution is 2.66. The van der Waals surface area contributed by atoms with Crippen molar-refractivity contribution in [3.8, 4) is 0 Å². The Kier molecular flexibility index (Phi) is 4.85. The second kappa shape index (κ2) is 6.72. The highest BCUT2D eigenvalue weighted by atomic mass is 16.5. The molecule has 0 radical (unpaired) electrons. The van der Waals surface area contributed by atoms with E-state index in [1.165, 1.54) is 6.42 Å². The minimum absolute atomic E-state index is 0.0111. The number of esters is 1. The fourth-order valence-corrected chi connectivity index (χ4v) is 7.50. The van der Waals surface area contributed by atoms with Crippen molar-refractivity contribution in [1.29, 1.82) is 0 Å². The number of rotatable bonds is 3. The van der Waals surface area contributed by atoms with Crippen LogP contribution in [0.5, 0.6) is 0 Å². The number of aliphatic hydroxyl groups is 1. The number of hydrogen-bond acceptors (Lipinski definition) is 3. The van der Waals surface area contributed by atoms with Crippen molar-refractivity contribution >= 4 is 5.97 Å². The molecule has 28 heavy (non-hydrogen) atoms. The SMILES string of the molecule is CCOC(=O)C[C@H]1CC=C2C3=C(CC[C@@]21C)[C@@]1(C)CC[C@H](O)C(C)(C)[C@@H]1CC3. The quantitative estimate of drug-likeness (QED) is 0.644. The topological polar surface area (TPSA) is 46.5 Å². The van der Waals surface area contributed by atoms with Gasteiger partial charge in [-0.1, -0.05) is 39.3 Å². The van der Waals surface area contributed by atoms with E-state index in [1.807, 2.05) is 6.92 Å². The molecule has 3 heteroatoms. The van der Waals surface area contributed by atoms with Crippen LogP contribution in [0.4, 0.5) is 0 Å². The molecule has 4 aliphatic carbocycles. The smallest absolute Gasteiger partial charge is 0.306 e. The monoisotopic (exact) mass is 386 g/mol. The maximum absolute atomic E-state index is 12.2. The third kappa shape index (κ3) is 2.75. The van der Waals surface area contributed by atoms with Crippen LogP contribution in [0, 0.1) is 28.1 Å². The number of allylic oxidation sites excluding steroid dienone is 4. The molecule has 0 bridgehead atoms. The highest BCUT2D eigenvalue weighted by molar-refractivity contribution is 5.70. The van der Waals surface area contributed by atoms with Crippen LogP contribution in [0.1, 0.15) is 86.0 Å². The Balaban J connectivity index is 1.65. The Labute approximate surface area is 170 Å². The Morgan fingerprint density at radius 3 is 2.61 bits per heavy atom. The first kappa shape index (κ1) is 20.2. The van der Waals surface area contributed by atoms with E-state index in [2.05, 4.69) is 33.8 Å². The van der Waals surface area contributed by atoms with Gasteiger partial charge in [-0.05, 0) is 91.1 Å². The fourth-order valence-electron chi connectivity index (χ4n) is 7.50. The van der Waals surface area contributed by atoms with Gasteiger partial charge in [0.05, 0.1) is 12.7 Å². The molecule has 0 heterocycles. The van der Waals surface area contributed by atoms with Crippen LogP contribution in [-0.4, -0.2) is 23.8 Å². The minimum atomic E-state index is -0.179. The van der Waals surface area contributed by atoms with Gasteiger partial charge in [0.25, 0.3) is 0 Å². The van der Waals surface area contributed by atoms with Crippen molar-refractivity contribution in [1.82, 2.24) is 0 Å². The number of carbonyl (C=O) groups is 1. The van der Waals surface area contributed by atoms with Crippen LogP contribution < -0.4 is 0 Å². The van der Waals surface area contributed by atoms with Gasteiger partial charge < -0.3 is 9.84 Å². The number of ether oxygens (including phenoxy) is 1. The van der Waals surface area contributed by atoms with Crippen molar-refractivity contribution in [3.05, 3.63) is 22.8 Å². The average Bonchev–Trinajstić information content (AvgIpc) is 2.95. The lowest BCUT2D eigenvalue weighted by atomic mass is 9.46. The molecule has 0 amide bonds. The van der Waals surface area contributed by atoms with Gasteiger partial charge in [0.1, 0.15) is 0 Å². The molecule has 3 nitrogen and oxygen atoms in total. The van der Waals surface area contributed by atoms with Crippen LogP contribution in [0.25, 0.3) is 0 Å². The molecule has 1 fully saturated rings. The molecular weight excluding hydrogens is 348 g/mol. The standard InChI is InChI=1S/C25H38O3/c1-6-28-22(27)15-16-7-9-18-17-8-10-20-23(2,3)21(26)12-14-25(20,5)19(17)11-13-24(16,18)4/h9,16,20-21,26H,6-8,10-15H2,1-5H3/t16-,20+,21+,24-,25-/m1/s1. The molecule has 0 spiro atoms. The third-order valence-corrected chi connectivity index (χ3v) is 9.26. The fraction of sp³-hybridized carbons (Fsp3) is 0.800. The van der Waals surface area contributed by atoms with Gasteiger partial charge in [0, 0.05) is 6.42 Å². The minimum Gasteiger partial charge on any atom is -0.466 e. The zero-order valence-electron chi connectivity index (χ0n) is 18.4. The third-order valence-electron chi connectivity index (χ3n) is 9.26. The molecule has 4 aliphatic rings. The largest absolute Gasteiger partial charge is 0.466 e. The zero-order valence-corrected chi connectivity index (χ0v) is 18.4. The molecule has 156 valence electrons. The molecule has 5 atom stereocenters. The molecule has 0 aliphatic heterocycles. The van der Waals surface area contributed by atoms with Crippen LogP contribution in [0.15, 0.2) is 22.8 Å². The maximum atomic E-state index is 12.2. The molecule has 1 N–H and O–H groups in total. The Morgan fingerprint density at radius 2 is 1.89 bits per heavy atom. The Hall–Kier alpha value is -1.09. The van der Waals surface area contributed by atoms with E-state index < -0.39 is 0 Å². The van der Waals surface area contributed by atoms with Gasteiger partial charge in [0.2, 0.25) is 0 Å². The molecule has 0 saturated heterocycles. The van der Waals surface area contributed by atoms with Gasteiger partial charge >= 0.3 is 5.97 Å². The van der Waals surface area contributed by atoms with E-state index in [0.717, 1.165) is 38.5 Å². The Morgan fingerprint density at radius 1 is 1.14 bits per heavy atom. The van der Waals surface area contributed by atoms with Gasteiger partial charge in [0.15, 0.2) is 0 Å². The van der Waals surface area contributed by atoms with Gasteiger partial charge in [-0.2, -0.15) is 0 Å².